The fourth-order valence-electron chi connectivity index (χ4n) is 4.03. The average molecular weight is 328 g/mol. The molecule has 1 N–H and O–H groups in total. The molecule has 3 nitrogen and oxygen atoms in total. The average Bonchev–Trinajstić information content (AvgIpc) is 2.59. The second-order valence-corrected chi connectivity index (χ2v) is 7.16. The number of nitrogens with zero attached hydrogens (tertiary/aromatic N) is 2. The van der Waals surface area contributed by atoms with Gasteiger partial charge in [-0.2, -0.15) is 0 Å². The first-order valence-corrected chi connectivity index (χ1v) is 8.81. The van der Waals surface area contributed by atoms with Crippen molar-refractivity contribution in [1.29, 1.82) is 0 Å². The van der Waals surface area contributed by atoms with E-state index in [2.05, 4.69) is 40.3 Å². The van der Waals surface area contributed by atoms with Crippen molar-refractivity contribution in [2.75, 3.05) is 18.4 Å². The van der Waals surface area contributed by atoms with Crippen molar-refractivity contribution in [2.45, 2.75) is 31.8 Å². The van der Waals surface area contributed by atoms with E-state index in [1.165, 1.54) is 25.9 Å². The van der Waals surface area contributed by atoms with Crippen LogP contribution in [0, 0.1) is 5.92 Å². The number of nitrogens with one attached hydrogen (secondary N) is 1. The van der Waals surface area contributed by atoms with Crippen molar-refractivity contribution in [3.63, 3.8) is 0 Å². The van der Waals surface area contributed by atoms with Crippen LogP contribution < -0.4 is 5.32 Å². The molecular formula is C19H22ClN3. The first-order chi connectivity index (χ1) is 11.2. The minimum atomic E-state index is 0.516. The standard InChI is InChI=1S/C19H22ClN3/c1-13-19(14-7-9-23(13)10-8-14)22-18-6-5-16(12-21-18)15-3-2-4-17(20)11-15/h2-6,11-14,19H,7-10H2,1H3,(H,21,22)/t13-,19-/m1/s1. The Balaban J connectivity index is 1.50. The molecule has 2 atom stereocenters. The first kappa shape index (κ1) is 15.0. The van der Waals surface area contributed by atoms with E-state index in [1.807, 2.05) is 24.4 Å². The normalized spacial score (nSPS) is 29.5. The summed E-state index contributed by atoms with van der Waals surface area (Å²) in [6, 6.07) is 13.2. The van der Waals surface area contributed by atoms with Gasteiger partial charge in [0, 0.05) is 28.9 Å². The lowest BCUT2D eigenvalue weighted by atomic mass is 9.79. The number of aromatic nitrogens is 1. The number of halogens is 1. The largest absolute Gasteiger partial charge is 0.365 e. The summed E-state index contributed by atoms with van der Waals surface area (Å²) in [5.74, 6) is 1.76. The van der Waals surface area contributed by atoms with Crippen molar-refractivity contribution >= 4 is 17.4 Å². The van der Waals surface area contributed by atoms with Crippen LogP contribution in [0.2, 0.25) is 5.02 Å². The third kappa shape index (κ3) is 2.96. The second kappa shape index (κ2) is 6.14. The lowest BCUT2D eigenvalue weighted by molar-refractivity contribution is 0.0457. The lowest BCUT2D eigenvalue weighted by Gasteiger charge is -2.50. The van der Waals surface area contributed by atoms with Gasteiger partial charge in [0.25, 0.3) is 0 Å². The van der Waals surface area contributed by atoms with Gasteiger partial charge in [-0.1, -0.05) is 23.7 Å². The Hall–Kier alpha value is -1.58. The molecule has 5 rings (SSSR count). The van der Waals surface area contributed by atoms with Gasteiger partial charge in [-0.05, 0) is 68.6 Å². The maximum absolute atomic E-state index is 6.07. The van der Waals surface area contributed by atoms with E-state index in [0.717, 1.165) is 27.9 Å². The van der Waals surface area contributed by atoms with Crippen LogP contribution in [-0.4, -0.2) is 35.1 Å². The highest BCUT2D eigenvalue weighted by atomic mass is 35.5. The van der Waals surface area contributed by atoms with Crippen LogP contribution in [0.1, 0.15) is 19.8 Å². The van der Waals surface area contributed by atoms with Crippen LogP contribution in [0.5, 0.6) is 0 Å². The molecule has 0 unspecified atom stereocenters. The molecule has 4 heterocycles. The molecule has 0 amide bonds. The van der Waals surface area contributed by atoms with E-state index in [-0.39, 0.29) is 0 Å². The van der Waals surface area contributed by atoms with Crippen LogP contribution in [0.15, 0.2) is 42.6 Å². The van der Waals surface area contributed by atoms with Crippen molar-refractivity contribution in [3.05, 3.63) is 47.6 Å². The molecule has 3 aliphatic heterocycles. The number of hydrogen-bond acceptors (Lipinski definition) is 3. The topological polar surface area (TPSA) is 28.2 Å². The molecule has 0 aliphatic carbocycles. The van der Waals surface area contributed by atoms with E-state index in [4.69, 9.17) is 11.6 Å². The van der Waals surface area contributed by atoms with E-state index in [1.54, 1.807) is 0 Å². The van der Waals surface area contributed by atoms with Crippen LogP contribution in [0.3, 0.4) is 0 Å². The third-order valence-electron chi connectivity index (χ3n) is 5.41. The minimum Gasteiger partial charge on any atom is -0.365 e. The minimum absolute atomic E-state index is 0.516. The van der Waals surface area contributed by atoms with Gasteiger partial charge < -0.3 is 5.32 Å². The Bertz CT molecular complexity index is 675. The first-order valence-electron chi connectivity index (χ1n) is 8.43. The van der Waals surface area contributed by atoms with Crippen molar-refractivity contribution < 1.29 is 0 Å². The molecule has 4 heteroatoms. The maximum Gasteiger partial charge on any atom is 0.126 e. The van der Waals surface area contributed by atoms with Gasteiger partial charge in [-0.25, -0.2) is 4.98 Å². The molecular weight excluding hydrogens is 306 g/mol. The monoisotopic (exact) mass is 327 g/mol. The Morgan fingerprint density at radius 2 is 1.96 bits per heavy atom. The molecule has 0 spiro atoms. The number of hydrogen-bond donors (Lipinski definition) is 1. The number of anilines is 1. The Morgan fingerprint density at radius 1 is 1.13 bits per heavy atom. The molecule has 1 aromatic carbocycles. The zero-order valence-electron chi connectivity index (χ0n) is 13.4. The predicted octanol–water partition coefficient (Wildman–Crippen LogP) is 4.30. The van der Waals surface area contributed by atoms with Gasteiger partial charge in [-0.15, -0.1) is 0 Å². The highest BCUT2D eigenvalue weighted by molar-refractivity contribution is 6.30. The fourth-order valence-corrected chi connectivity index (χ4v) is 4.22. The van der Waals surface area contributed by atoms with E-state index >= 15 is 0 Å². The second-order valence-electron chi connectivity index (χ2n) is 6.73. The molecule has 1 aromatic heterocycles. The van der Waals surface area contributed by atoms with Gasteiger partial charge in [-0.3, -0.25) is 4.90 Å². The molecule has 3 aliphatic rings. The summed E-state index contributed by atoms with van der Waals surface area (Å²) in [5, 5.41) is 4.43. The highest BCUT2D eigenvalue weighted by Crippen LogP contribution is 2.34. The number of benzene rings is 1. The molecule has 23 heavy (non-hydrogen) atoms. The number of rotatable bonds is 3. The molecule has 2 bridgehead atoms. The van der Waals surface area contributed by atoms with Gasteiger partial charge in [0.2, 0.25) is 0 Å². The van der Waals surface area contributed by atoms with Crippen LogP contribution in [0.4, 0.5) is 5.82 Å². The fraction of sp³-hybridized carbons (Fsp3) is 0.421. The summed E-state index contributed by atoms with van der Waals surface area (Å²) < 4.78 is 0. The molecule has 120 valence electrons. The summed E-state index contributed by atoms with van der Waals surface area (Å²) in [7, 11) is 0. The summed E-state index contributed by atoms with van der Waals surface area (Å²) in [5.41, 5.74) is 2.20. The third-order valence-corrected chi connectivity index (χ3v) is 5.65. The quantitative estimate of drug-likeness (QED) is 0.911. The SMILES string of the molecule is C[C@@H]1[C@@H](Nc2ccc(-c3cccc(Cl)c3)cn2)C2CCN1CC2. The van der Waals surface area contributed by atoms with Crippen molar-refractivity contribution in [2.24, 2.45) is 5.92 Å². The van der Waals surface area contributed by atoms with Gasteiger partial charge in [0.15, 0.2) is 0 Å². The lowest BCUT2D eigenvalue weighted by Crippen LogP contribution is -2.59. The van der Waals surface area contributed by atoms with E-state index in [9.17, 15) is 0 Å². The predicted molar refractivity (Wildman–Crippen MR) is 95.9 cm³/mol. The summed E-state index contributed by atoms with van der Waals surface area (Å²) in [6.45, 7) is 4.85. The number of piperidine rings is 3. The summed E-state index contributed by atoms with van der Waals surface area (Å²) >= 11 is 6.07. The zero-order valence-corrected chi connectivity index (χ0v) is 14.1. The highest BCUT2D eigenvalue weighted by Gasteiger charge is 2.39. The number of fused-ring (bicyclic) bond motifs is 3. The molecule has 0 saturated carbocycles. The number of pyridine rings is 1. The Kier molecular flexibility index (Phi) is 4.00. The summed E-state index contributed by atoms with van der Waals surface area (Å²) in [6.07, 6.45) is 4.55. The zero-order chi connectivity index (χ0) is 15.8. The van der Waals surface area contributed by atoms with Crippen LogP contribution >= 0.6 is 11.6 Å². The molecule has 0 radical (unpaired) electrons. The van der Waals surface area contributed by atoms with Crippen molar-refractivity contribution in [3.8, 4) is 11.1 Å². The maximum atomic E-state index is 6.07. The van der Waals surface area contributed by atoms with Crippen LogP contribution in [0.25, 0.3) is 11.1 Å². The van der Waals surface area contributed by atoms with Crippen LogP contribution in [-0.2, 0) is 0 Å². The van der Waals surface area contributed by atoms with E-state index in [0.29, 0.717) is 12.1 Å². The Labute approximate surface area is 142 Å². The van der Waals surface area contributed by atoms with Gasteiger partial charge >= 0.3 is 0 Å². The summed E-state index contributed by atoms with van der Waals surface area (Å²) in [4.78, 5) is 7.22. The van der Waals surface area contributed by atoms with Gasteiger partial charge in [0.1, 0.15) is 5.82 Å². The molecule has 3 saturated heterocycles. The Morgan fingerprint density at radius 3 is 2.61 bits per heavy atom. The van der Waals surface area contributed by atoms with Gasteiger partial charge in [0.05, 0.1) is 0 Å². The molecule has 3 fully saturated rings. The van der Waals surface area contributed by atoms with E-state index < -0.39 is 0 Å². The molecule has 2 aromatic rings. The smallest absolute Gasteiger partial charge is 0.126 e. The van der Waals surface area contributed by atoms with Crippen molar-refractivity contribution in [1.82, 2.24) is 9.88 Å².